The molecule has 1 heterocycles. The monoisotopic (exact) mass is 214 g/mol. The molecule has 1 atom stereocenters. The van der Waals surface area contributed by atoms with Gasteiger partial charge in [0.2, 0.25) is 5.91 Å². The normalized spacial score (nSPS) is 21.5. The molecule has 86 valence electrons. The molecule has 5 N–H and O–H groups in total. The van der Waals surface area contributed by atoms with Gasteiger partial charge >= 0.3 is 6.03 Å². The first-order chi connectivity index (χ1) is 7.13. The van der Waals surface area contributed by atoms with Gasteiger partial charge in [0, 0.05) is 25.6 Å². The quantitative estimate of drug-likeness (QED) is 0.558. The molecule has 0 aliphatic carbocycles. The Hall–Kier alpha value is -1.14. The van der Waals surface area contributed by atoms with Gasteiger partial charge < -0.3 is 11.5 Å². The lowest BCUT2D eigenvalue weighted by Crippen LogP contribution is -2.40. The number of amides is 3. The standard InChI is InChI=1S/C9H18N4O2/c10-6-7-2-1-4-13(7)5-3-8(14)12-9(11)15/h7H,1-6,10H2,(H3,11,12,14,15). The van der Waals surface area contributed by atoms with E-state index in [-0.39, 0.29) is 5.91 Å². The molecule has 3 amide bonds. The number of likely N-dealkylation sites (tertiary alicyclic amines) is 1. The summed E-state index contributed by atoms with van der Waals surface area (Å²) in [6.45, 7) is 2.24. The summed E-state index contributed by atoms with van der Waals surface area (Å²) in [7, 11) is 0. The molecule has 0 radical (unpaired) electrons. The van der Waals surface area contributed by atoms with Crippen LogP contribution in [-0.2, 0) is 4.79 Å². The van der Waals surface area contributed by atoms with Gasteiger partial charge in [-0.1, -0.05) is 0 Å². The molecule has 0 aromatic rings. The number of carbonyl (C=O) groups is 2. The molecule has 1 fully saturated rings. The van der Waals surface area contributed by atoms with E-state index in [0.29, 0.717) is 25.6 Å². The van der Waals surface area contributed by atoms with Crippen molar-refractivity contribution < 1.29 is 9.59 Å². The molecule has 15 heavy (non-hydrogen) atoms. The maximum absolute atomic E-state index is 11.1. The summed E-state index contributed by atoms with van der Waals surface area (Å²) in [6, 6.07) is -0.414. The van der Waals surface area contributed by atoms with Crippen LogP contribution in [0.4, 0.5) is 4.79 Å². The van der Waals surface area contributed by atoms with E-state index >= 15 is 0 Å². The number of hydrogen-bond donors (Lipinski definition) is 3. The van der Waals surface area contributed by atoms with Crippen LogP contribution in [0.2, 0.25) is 0 Å². The largest absolute Gasteiger partial charge is 0.351 e. The van der Waals surface area contributed by atoms with E-state index in [1.165, 1.54) is 0 Å². The van der Waals surface area contributed by atoms with Gasteiger partial charge in [0.25, 0.3) is 0 Å². The van der Waals surface area contributed by atoms with E-state index in [0.717, 1.165) is 19.4 Å². The Kier molecular flexibility index (Phi) is 4.51. The fourth-order valence-corrected chi connectivity index (χ4v) is 1.90. The van der Waals surface area contributed by atoms with E-state index in [1.807, 2.05) is 5.32 Å². The van der Waals surface area contributed by atoms with Crippen molar-refractivity contribution in [3.63, 3.8) is 0 Å². The maximum atomic E-state index is 11.1. The predicted octanol–water partition coefficient (Wildman–Crippen LogP) is -1.01. The highest BCUT2D eigenvalue weighted by Crippen LogP contribution is 2.15. The highest BCUT2D eigenvalue weighted by Gasteiger charge is 2.23. The first-order valence-corrected chi connectivity index (χ1v) is 5.17. The van der Waals surface area contributed by atoms with E-state index in [9.17, 15) is 9.59 Å². The second-order valence-corrected chi connectivity index (χ2v) is 3.73. The predicted molar refractivity (Wildman–Crippen MR) is 56.0 cm³/mol. The van der Waals surface area contributed by atoms with Crippen LogP contribution in [0.1, 0.15) is 19.3 Å². The number of imide groups is 1. The smallest absolute Gasteiger partial charge is 0.318 e. The summed E-state index contributed by atoms with van der Waals surface area (Å²) >= 11 is 0. The van der Waals surface area contributed by atoms with Crippen molar-refractivity contribution in [2.75, 3.05) is 19.6 Å². The van der Waals surface area contributed by atoms with Gasteiger partial charge in [0.1, 0.15) is 0 Å². The highest BCUT2D eigenvalue weighted by molar-refractivity contribution is 5.93. The SMILES string of the molecule is NCC1CCCN1CCC(=O)NC(N)=O. The van der Waals surface area contributed by atoms with Crippen molar-refractivity contribution >= 4 is 11.9 Å². The average molecular weight is 214 g/mol. The Labute approximate surface area is 89.0 Å². The lowest BCUT2D eigenvalue weighted by atomic mass is 10.2. The number of primary amides is 1. The second-order valence-electron chi connectivity index (χ2n) is 3.73. The van der Waals surface area contributed by atoms with Crippen molar-refractivity contribution in [3.8, 4) is 0 Å². The summed E-state index contributed by atoms with van der Waals surface area (Å²) in [4.78, 5) is 23.7. The maximum Gasteiger partial charge on any atom is 0.318 e. The first-order valence-electron chi connectivity index (χ1n) is 5.17. The number of rotatable bonds is 4. The number of nitrogens with one attached hydrogen (secondary N) is 1. The third-order valence-corrected chi connectivity index (χ3v) is 2.66. The number of urea groups is 1. The van der Waals surface area contributed by atoms with E-state index in [4.69, 9.17) is 11.5 Å². The van der Waals surface area contributed by atoms with Gasteiger partial charge in [-0.15, -0.1) is 0 Å². The van der Waals surface area contributed by atoms with Crippen LogP contribution in [-0.4, -0.2) is 42.5 Å². The lowest BCUT2D eigenvalue weighted by molar-refractivity contribution is -0.120. The van der Waals surface area contributed by atoms with Crippen molar-refractivity contribution in [1.29, 1.82) is 0 Å². The molecule has 1 saturated heterocycles. The van der Waals surface area contributed by atoms with Gasteiger partial charge in [0.15, 0.2) is 0 Å². The zero-order chi connectivity index (χ0) is 11.3. The van der Waals surface area contributed by atoms with E-state index < -0.39 is 6.03 Å². The van der Waals surface area contributed by atoms with Crippen LogP contribution >= 0.6 is 0 Å². The Morgan fingerprint density at radius 3 is 2.80 bits per heavy atom. The fraction of sp³-hybridized carbons (Fsp3) is 0.778. The molecule has 1 aliphatic rings. The highest BCUT2D eigenvalue weighted by atomic mass is 16.2. The van der Waals surface area contributed by atoms with Crippen molar-refractivity contribution in [1.82, 2.24) is 10.2 Å². The zero-order valence-electron chi connectivity index (χ0n) is 8.74. The molecule has 0 spiro atoms. The zero-order valence-corrected chi connectivity index (χ0v) is 8.74. The summed E-state index contributed by atoms with van der Waals surface area (Å²) in [5.74, 6) is -0.329. The second kappa shape index (κ2) is 5.67. The molecule has 6 heteroatoms. The molecule has 0 saturated carbocycles. The van der Waals surface area contributed by atoms with Crippen LogP contribution in [0.25, 0.3) is 0 Å². The summed E-state index contributed by atoms with van der Waals surface area (Å²) in [5, 5.41) is 2.04. The molecule has 1 rings (SSSR count). The van der Waals surface area contributed by atoms with Crippen LogP contribution < -0.4 is 16.8 Å². The average Bonchev–Trinajstić information content (AvgIpc) is 2.60. The minimum Gasteiger partial charge on any atom is -0.351 e. The summed E-state index contributed by atoms with van der Waals surface area (Å²) in [5.41, 5.74) is 10.4. The third kappa shape index (κ3) is 3.85. The lowest BCUT2D eigenvalue weighted by Gasteiger charge is -2.22. The molecular formula is C9H18N4O2. The number of nitrogens with two attached hydrogens (primary N) is 2. The van der Waals surface area contributed by atoms with Gasteiger partial charge in [0.05, 0.1) is 0 Å². The van der Waals surface area contributed by atoms with Crippen LogP contribution in [0.15, 0.2) is 0 Å². The van der Waals surface area contributed by atoms with Gasteiger partial charge in [-0.25, -0.2) is 4.79 Å². The number of hydrogen-bond acceptors (Lipinski definition) is 4. The number of nitrogens with zero attached hydrogens (tertiary/aromatic N) is 1. The molecular weight excluding hydrogens is 196 g/mol. The van der Waals surface area contributed by atoms with Crippen LogP contribution in [0.3, 0.4) is 0 Å². The first kappa shape index (κ1) is 11.9. The van der Waals surface area contributed by atoms with E-state index in [1.54, 1.807) is 0 Å². The molecule has 0 aromatic carbocycles. The van der Waals surface area contributed by atoms with E-state index in [2.05, 4.69) is 4.90 Å². The third-order valence-electron chi connectivity index (χ3n) is 2.66. The Balaban J connectivity index is 2.24. The van der Waals surface area contributed by atoms with Gasteiger partial charge in [-0.2, -0.15) is 0 Å². The molecule has 6 nitrogen and oxygen atoms in total. The molecule has 1 aliphatic heterocycles. The fourth-order valence-electron chi connectivity index (χ4n) is 1.90. The van der Waals surface area contributed by atoms with Crippen molar-refractivity contribution in [3.05, 3.63) is 0 Å². The van der Waals surface area contributed by atoms with Crippen LogP contribution in [0, 0.1) is 0 Å². The minimum atomic E-state index is -0.795. The Morgan fingerprint density at radius 2 is 2.20 bits per heavy atom. The van der Waals surface area contributed by atoms with Crippen LogP contribution in [0.5, 0.6) is 0 Å². The van der Waals surface area contributed by atoms with Crippen molar-refractivity contribution in [2.45, 2.75) is 25.3 Å². The molecule has 0 aromatic heterocycles. The molecule has 1 unspecified atom stereocenters. The minimum absolute atomic E-state index is 0.291. The number of carbonyl (C=O) groups excluding carboxylic acids is 2. The summed E-state index contributed by atoms with van der Waals surface area (Å²) in [6.07, 6.45) is 2.51. The topological polar surface area (TPSA) is 101 Å². The Morgan fingerprint density at radius 1 is 1.47 bits per heavy atom. The van der Waals surface area contributed by atoms with Crippen molar-refractivity contribution in [2.24, 2.45) is 11.5 Å². The van der Waals surface area contributed by atoms with Gasteiger partial charge in [-0.3, -0.25) is 15.0 Å². The molecule has 0 bridgehead atoms. The summed E-state index contributed by atoms with van der Waals surface area (Å²) < 4.78 is 0. The van der Waals surface area contributed by atoms with Gasteiger partial charge in [-0.05, 0) is 19.4 Å². The Bertz CT molecular complexity index is 244.